The highest BCUT2D eigenvalue weighted by molar-refractivity contribution is 8.15. The Kier molecular flexibility index (Phi) is 2.00. The lowest BCUT2D eigenvalue weighted by Gasteiger charge is -2.71. The number of halogens is 1. The Morgan fingerprint density at radius 2 is 1.67 bits per heavy atom. The molecule has 4 aliphatic rings. The molecule has 0 unspecified atom stereocenters. The van der Waals surface area contributed by atoms with Crippen LogP contribution in [0.3, 0.4) is 0 Å². The lowest BCUT2D eigenvalue weighted by Crippen LogP contribution is -2.72. The van der Waals surface area contributed by atoms with Crippen LogP contribution in [0, 0.1) is 11.3 Å². The molecule has 86 valence electrons. The van der Waals surface area contributed by atoms with Crippen LogP contribution in [0.25, 0.3) is 0 Å². The summed E-state index contributed by atoms with van der Waals surface area (Å²) in [5, 5.41) is 0. The maximum absolute atomic E-state index is 11.3. The van der Waals surface area contributed by atoms with Gasteiger partial charge in [0.15, 0.2) is 0 Å². The largest absolute Gasteiger partial charge is 0.381 e. The number of rotatable bonds is 2. The van der Waals surface area contributed by atoms with Gasteiger partial charge in [0.25, 0.3) is 0 Å². The van der Waals surface area contributed by atoms with Crippen LogP contribution in [0.15, 0.2) is 0 Å². The molecule has 4 fully saturated rings. The second-order valence-corrected chi connectivity index (χ2v) is 8.36. The number of hydrogen-bond acceptors (Lipinski definition) is 3. The van der Waals surface area contributed by atoms with Crippen LogP contribution in [0.2, 0.25) is 0 Å². The van der Waals surface area contributed by atoms with E-state index in [9.17, 15) is 8.42 Å². The van der Waals surface area contributed by atoms with Crippen LogP contribution in [0.5, 0.6) is 0 Å². The van der Waals surface area contributed by atoms with Gasteiger partial charge in [0.05, 0.1) is 4.75 Å². The Balaban J connectivity index is 1.70. The fourth-order valence-electron chi connectivity index (χ4n) is 3.77. The van der Waals surface area contributed by atoms with E-state index in [1.54, 1.807) is 0 Å². The summed E-state index contributed by atoms with van der Waals surface area (Å²) in [4.78, 5) is 0. The van der Waals surface area contributed by atoms with Gasteiger partial charge in [-0.2, -0.15) is 0 Å². The van der Waals surface area contributed by atoms with Crippen molar-refractivity contribution in [2.24, 2.45) is 11.3 Å². The van der Waals surface area contributed by atoms with Crippen molar-refractivity contribution >= 4 is 19.7 Å². The second-order valence-electron chi connectivity index (χ2n) is 5.40. The van der Waals surface area contributed by atoms with Crippen molar-refractivity contribution in [3.63, 3.8) is 0 Å². The molecule has 0 aromatic rings. The maximum Gasteiger partial charge on any atom is 0.238 e. The SMILES string of the molecule is O=S(=O)(Cl)C12CC(C3CCOCC3)(C1)C2. The standard InChI is InChI=1S/C10H15ClO3S/c11-15(12,13)10-5-9(6-10,7-10)8-1-3-14-4-2-8/h8H,1-7H2. The van der Waals surface area contributed by atoms with Crippen LogP contribution in [0.4, 0.5) is 0 Å². The molecule has 2 bridgehead atoms. The molecule has 1 saturated heterocycles. The summed E-state index contributed by atoms with van der Waals surface area (Å²) < 4.78 is 27.5. The van der Waals surface area contributed by atoms with Gasteiger partial charge in [-0.25, -0.2) is 8.42 Å². The van der Waals surface area contributed by atoms with Gasteiger partial charge in [0.2, 0.25) is 9.05 Å². The van der Waals surface area contributed by atoms with E-state index in [1.807, 2.05) is 0 Å². The summed E-state index contributed by atoms with van der Waals surface area (Å²) in [6.07, 6.45) is 4.60. The molecule has 4 rings (SSSR count). The lowest BCUT2D eigenvalue weighted by molar-refractivity contribution is -0.151. The summed E-state index contributed by atoms with van der Waals surface area (Å²) in [5.41, 5.74) is 0.311. The predicted octanol–water partition coefficient (Wildman–Crippen LogP) is 1.90. The third-order valence-corrected chi connectivity index (χ3v) is 7.08. The molecular formula is C10H15ClO3S. The molecule has 5 heteroatoms. The summed E-state index contributed by atoms with van der Waals surface area (Å²) >= 11 is 0. The zero-order valence-electron chi connectivity index (χ0n) is 8.54. The number of ether oxygens (including phenoxy) is 1. The van der Waals surface area contributed by atoms with E-state index in [0.29, 0.717) is 11.3 Å². The molecule has 0 atom stereocenters. The zero-order valence-corrected chi connectivity index (χ0v) is 10.1. The maximum atomic E-state index is 11.3. The highest BCUT2D eigenvalue weighted by Crippen LogP contribution is 2.75. The average Bonchev–Trinajstić information content (AvgIpc) is 1.98. The van der Waals surface area contributed by atoms with Crippen LogP contribution >= 0.6 is 10.7 Å². The van der Waals surface area contributed by atoms with Gasteiger partial charge < -0.3 is 4.74 Å². The first kappa shape index (κ1) is 10.4. The van der Waals surface area contributed by atoms with E-state index in [4.69, 9.17) is 15.4 Å². The third kappa shape index (κ3) is 1.25. The van der Waals surface area contributed by atoms with Crippen molar-refractivity contribution in [2.45, 2.75) is 36.9 Å². The zero-order chi connectivity index (χ0) is 10.7. The van der Waals surface area contributed by atoms with Gasteiger partial charge in [-0.1, -0.05) is 0 Å². The second kappa shape index (κ2) is 2.90. The minimum atomic E-state index is -3.34. The monoisotopic (exact) mass is 250 g/mol. The molecule has 0 aromatic heterocycles. The summed E-state index contributed by atoms with van der Waals surface area (Å²) in [6.45, 7) is 1.68. The molecule has 0 radical (unpaired) electrons. The minimum Gasteiger partial charge on any atom is -0.381 e. The molecule has 3 aliphatic carbocycles. The fraction of sp³-hybridized carbons (Fsp3) is 1.00. The molecule has 0 aromatic carbocycles. The topological polar surface area (TPSA) is 43.4 Å². The van der Waals surface area contributed by atoms with Gasteiger partial charge in [0, 0.05) is 23.9 Å². The van der Waals surface area contributed by atoms with Crippen molar-refractivity contribution < 1.29 is 13.2 Å². The first-order valence-corrected chi connectivity index (χ1v) is 7.80. The van der Waals surface area contributed by atoms with E-state index in [0.717, 1.165) is 45.3 Å². The van der Waals surface area contributed by atoms with Gasteiger partial charge in [-0.05, 0) is 43.4 Å². The Bertz CT molecular complexity index is 364. The van der Waals surface area contributed by atoms with Crippen molar-refractivity contribution in [3.8, 4) is 0 Å². The fourth-order valence-corrected chi connectivity index (χ4v) is 5.64. The minimum absolute atomic E-state index is 0.311. The van der Waals surface area contributed by atoms with E-state index in [2.05, 4.69) is 0 Å². The van der Waals surface area contributed by atoms with Crippen molar-refractivity contribution in [2.75, 3.05) is 13.2 Å². The van der Waals surface area contributed by atoms with Crippen LogP contribution in [-0.2, 0) is 13.8 Å². The Morgan fingerprint density at radius 1 is 1.13 bits per heavy atom. The molecule has 1 heterocycles. The molecule has 0 N–H and O–H groups in total. The van der Waals surface area contributed by atoms with Crippen LogP contribution in [-0.4, -0.2) is 26.4 Å². The van der Waals surface area contributed by atoms with E-state index >= 15 is 0 Å². The van der Waals surface area contributed by atoms with Crippen molar-refractivity contribution in [3.05, 3.63) is 0 Å². The Hall–Kier alpha value is 0.200. The summed E-state index contributed by atoms with van der Waals surface area (Å²) in [7, 11) is 2.13. The predicted molar refractivity (Wildman–Crippen MR) is 57.3 cm³/mol. The van der Waals surface area contributed by atoms with Crippen LogP contribution in [0.1, 0.15) is 32.1 Å². The van der Waals surface area contributed by atoms with Gasteiger partial charge in [-0.3, -0.25) is 0 Å². The number of hydrogen-bond donors (Lipinski definition) is 0. The molecule has 0 spiro atoms. The summed E-state index contributed by atoms with van der Waals surface area (Å²) in [5.74, 6) is 0.673. The third-order valence-electron chi connectivity index (χ3n) is 4.63. The Morgan fingerprint density at radius 3 is 2.13 bits per heavy atom. The van der Waals surface area contributed by atoms with Gasteiger partial charge in [-0.15, -0.1) is 0 Å². The molecular weight excluding hydrogens is 236 g/mol. The first-order chi connectivity index (χ1) is 6.98. The van der Waals surface area contributed by atoms with E-state index in [1.165, 1.54) is 0 Å². The smallest absolute Gasteiger partial charge is 0.238 e. The molecule has 15 heavy (non-hydrogen) atoms. The van der Waals surface area contributed by atoms with Crippen LogP contribution < -0.4 is 0 Å². The quantitative estimate of drug-likeness (QED) is 0.703. The molecule has 1 aliphatic heterocycles. The van der Waals surface area contributed by atoms with Crippen molar-refractivity contribution in [1.29, 1.82) is 0 Å². The summed E-state index contributed by atoms with van der Waals surface area (Å²) in [6, 6.07) is 0. The van der Waals surface area contributed by atoms with Crippen molar-refractivity contribution in [1.82, 2.24) is 0 Å². The van der Waals surface area contributed by atoms with E-state index < -0.39 is 13.8 Å². The first-order valence-electron chi connectivity index (χ1n) is 5.50. The molecule has 3 nitrogen and oxygen atoms in total. The highest BCUT2D eigenvalue weighted by atomic mass is 35.7. The van der Waals surface area contributed by atoms with Gasteiger partial charge in [0.1, 0.15) is 0 Å². The normalized spacial score (nSPS) is 45.7. The molecule has 3 saturated carbocycles. The highest BCUT2D eigenvalue weighted by Gasteiger charge is 2.75. The lowest BCUT2D eigenvalue weighted by atomic mass is 9.38. The Labute approximate surface area is 94.6 Å². The van der Waals surface area contributed by atoms with E-state index in [-0.39, 0.29) is 0 Å². The average molecular weight is 251 g/mol. The molecule has 0 amide bonds. The van der Waals surface area contributed by atoms with Gasteiger partial charge >= 0.3 is 0 Å².